The molecule has 5 heteroatoms. The number of hydrogen-bond acceptors (Lipinski definition) is 2. The van der Waals surface area contributed by atoms with Crippen molar-refractivity contribution in [3.63, 3.8) is 0 Å². The van der Waals surface area contributed by atoms with Crippen molar-refractivity contribution in [3.8, 4) is 0 Å². The molecule has 1 saturated heterocycles. The predicted octanol–water partition coefficient (Wildman–Crippen LogP) is 1.67. The molecular formula is C9H12ClNO3. The molecule has 0 aromatic rings. The fourth-order valence-corrected chi connectivity index (χ4v) is 3.02. The quantitative estimate of drug-likeness (QED) is 0.680. The molecule has 78 valence electrons. The van der Waals surface area contributed by atoms with Crippen LogP contribution in [0.25, 0.3) is 0 Å². The number of halogens is 1. The Bertz CT molecular complexity index is 294. The molecule has 1 N–H and O–H groups in total. The largest absolute Gasteiger partial charge is 0.465 e. The number of amides is 1. The average molecular weight is 218 g/mol. The van der Waals surface area contributed by atoms with E-state index in [2.05, 4.69) is 0 Å². The summed E-state index contributed by atoms with van der Waals surface area (Å²) >= 11 is 5.54. The van der Waals surface area contributed by atoms with Crippen LogP contribution < -0.4 is 0 Å². The van der Waals surface area contributed by atoms with Gasteiger partial charge in [0.25, 0.3) is 0 Å². The molecule has 1 amide bonds. The minimum absolute atomic E-state index is 0.322. The molecule has 2 rings (SSSR count). The summed E-state index contributed by atoms with van der Waals surface area (Å²) in [5, 5.41) is 8.48. The Labute approximate surface area is 86.8 Å². The summed E-state index contributed by atoms with van der Waals surface area (Å²) in [6.45, 7) is 0.466. The maximum Gasteiger partial charge on any atom is 0.408 e. The van der Waals surface area contributed by atoms with E-state index in [4.69, 9.17) is 16.7 Å². The number of carboxylic acid groups (broad SMARTS) is 1. The zero-order chi connectivity index (χ0) is 10.3. The number of nitrogens with zero attached hydrogens (tertiary/aromatic N) is 1. The van der Waals surface area contributed by atoms with Crippen LogP contribution in [-0.2, 0) is 4.79 Å². The predicted molar refractivity (Wildman–Crippen MR) is 50.3 cm³/mol. The SMILES string of the molecule is O=C(O)N1CC2CCCC1(C(=O)Cl)C2. The van der Waals surface area contributed by atoms with E-state index in [-0.39, 0.29) is 0 Å². The Morgan fingerprint density at radius 1 is 1.50 bits per heavy atom. The lowest BCUT2D eigenvalue weighted by Gasteiger charge is -2.34. The molecule has 4 nitrogen and oxygen atoms in total. The average Bonchev–Trinajstić information content (AvgIpc) is 2.39. The number of hydrogen-bond donors (Lipinski definition) is 1. The van der Waals surface area contributed by atoms with E-state index in [0.29, 0.717) is 25.3 Å². The highest BCUT2D eigenvalue weighted by atomic mass is 35.5. The summed E-state index contributed by atoms with van der Waals surface area (Å²) in [5.74, 6) is 0.322. The maximum atomic E-state index is 11.4. The Hall–Kier alpha value is -0.770. The molecule has 14 heavy (non-hydrogen) atoms. The topological polar surface area (TPSA) is 57.6 Å². The van der Waals surface area contributed by atoms with Gasteiger partial charge in [-0.15, -0.1) is 0 Å². The van der Waals surface area contributed by atoms with E-state index >= 15 is 0 Å². The highest BCUT2D eigenvalue weighted by Gasteiger charge is 2.54. The Balaban J connectivity index is 2.34. The first-order valence-electron chi connectivity index (χ1n) is 4.77. The van der Waals surface area contributed by atoms with Crippen LogP contribution in [0.2, 0.25) is 0 Å². The zero-order valence-corrected chi connectivity index (χ0v) is 8.46. The summed E-state index contributed by atoms with van der Waals surface area (Å²) in [6.07, 6.45) is 2.07. The van der Waals surface area contributed by atoms with Crippen molar-refractivity contribution in [3.05, 3.63) is 0 Å². The van der Waals surface area contributed by atoms with E-state index in [0.717, 1.165) is 12.8 Å². The minimum Gasteiger partial charge on any atom is -0.465 e. The Kier molecular flexibility index (Phi) is 2.18. The van der Waals surface area contributed by atoms with Gasteiger partial charge in [0, 0.05) is 6.54 Å². The van der Waals surface area contributed by atoms with Gasteiger partial charge in [-0.2, -0.15) is 0 Å². The molecule has 1 heterocycles. The van der Waals surface area contributed by atoms with E-state index < -0.39 is 16.9 Å². The van der Waals surface area contributed by atoms with E-state index in [9.17, 15) is 9.59 Å². The molecule has 2 aliphatic rings. The van der Waals surface area contributed by atoms with Crippen molar-refractivity contribution in [1.29, 1.82) is 0 Å². The maximum absolute atomic E-state index is 11.4. The van der Waals surface area contributed by atoms with Crippen molar-refractivity contribution >= 4 is 22.9 Å². The molecule has 0 aromatic heterocycles. The summed E-state index contributed by atoms with van der Waals surface area (Å²) in [6, 6.07) is 0. The normalized spacial score (nSPS) is 35.8. The van der Waals surface area contributed by atoms with Crippen LogP contribution in [-0.4, -0.2) is 33.4 Å². The second-order valence-electron chi connectivity index (χ2n) is 4.16. The van der Waals surface area contributed by atoms with Gasteiger partial charge in [0.2, 0.25) is 5.24 Å². The van der Waals surface area contributed by atoms with E-state index in [1.165, 1.54) is 4.90 Å². The fourth-order valence-electron chi connectivity index (χ4n) is 2.74. The highest BCUT2D eigenvalue weighted by molar-refractivity contribution is 6.65. The third kappa shape index (κ3) is 1.21. The third-order valence-electron chi connectivity index (χ3n) is 3.38. The number of carbonyl (C=O) groups is 2. The fraction of sp³-hybridized carbons (Fsp3) is 0.778. The molecule has 0 spiro atoms. The van der Waals surface area contributed by atoms with Crippen molar-refractivity contribution in [2.24, 2.45) is 5.92 Å². The van der Waals surface area contributed by atoms with E-state index in [1.807, 2.05) is 0 Å². The van der Waals surface area contributed by atoms with Crippen LogP contribution >= 0.6 is 11.6 Å². The van der Waals surface area contributed by atoms with Gasteiger partial charge < -0.3 is 5.11 Å². The standard InChI is InChI=1S/C9H12ClNO3/c10-7(12)9-3-1-2-6(4-9)5-11(9)8(13)14/h6H,1-5H2,(H,13,14). The monoisotopic (exact) mass is 217 g/mol. The molecule has 1 aliphatic carbocycles. The van der Waals surface area contributed by atoms with Crippen molar-refractivity contribution in [2.45, 2.75) is 31.2 Å². The first kappa shape index (κ1) is 9.77. The van der Waals surface area contributed by atoms with Gasteiger partial charge in [-0.3, -0.25) is 9.69 Å². The minimum atomic E-state index is -1.02. The molecule has 1 saturated carbocycles. The summed E-state index contributed by atoms with van der Waals surface area (Å²) in [5.41, 5.74) is -0.906. The molecule has 2 unspecified atom stereocenters. The lowest BCUT2D eigenvalue weighted by Crippen LogP contribution is -2.51. The molecular weight excluding hydrogens is 206 g/mol. The lowest BCUT2D eigenvalue weighted by molar-refractivity contribution is -0.121. The van der Waals surface area contributed by atoms with Crippen LogP contribution in [0.4, 0.5) is 4.79 Å². The Morgan fingerprint density at radius 2 is 2.21 bits per heavy atom. The van der Waals surface area contributed by atoms with Crippen molar-refractivity contribution in [1.82, 2.24) is 4.90 Å². The molecule has 2 fully saturated rings. The Morgan fingerprint density at radius 3 is 2.79 bits per heavy atom. The smallest absolute Gasteiger partial charge is 0.408 e. The molecule has 2 bridgehead atoms. The number of fused-ring (bicyclic) bond motifs is 2. The van der Waals surface area contributed by atoms with Crippen LogP contribution in [0, 0.1) is 5.92 Å². The number of carbonyl (C=O) groups excluding carboxylic acids is 1. The van der Waals surface area contributed by atoms with Gasteiger partial charge in [-0.1, -0.05) is 6.42 Å². The van der Waals surface area contributed by atoms with Gasteiger partial charge in [0.05, 0.1) is 0 Å². The number of rotatable bonds is 1. The second-order valence-corrected chi connectivity index (χ2v) is 4.50. The molecule has 2 atom stereocenters. The molecule has 1 aliphatic heterocycles. The van der Waals surface area contributed by atoms with Crippen LogP contribution in [0.15, 0.2) is 0 Å². The van der Waals surface area contributed by atoms with Crippen molar-refractivity contribution in [2.75, 3.05) is 6.54 Å². The van der Waals surface area contributed by atoms with Crippen molar-refractivity contribution < 1.29 is 14.7 Å². The summed E-state index contributed by atoms with van der Waals surface area (Å²) < 4.78 is 0. The molecule has 0 aromatic carbocycles. The van der Waals surface area contributed by atoms with Crippen LogP contribution in [0.5, 0.6) is 0 Å². The van der Waals surface area contributed by atoms with Crippen LogP contribution in [0.1, 0.15) is 25.7 Å². The number of likely N-dealkylation sites (tertiary alicyclic amines) is 1. The summed E-state index contributed by atoms with van der Waals surface area (Å²) in [4.78, 5) is 23.6. The zero-order valence-electron chi connectivity index (χ0n) is 7.70. The first-order chi connectivity index (χ1) is 6.56. The second kappa shape index (κ2) is 3.12. The summed E-state index contributed by atoms with van der Waals surface area (Å²) in [7, 11) is 0. The van der Waals surface area contributed by atoms with E-state index in [1.54, 1.807) is 0 Å². The molecule has 0 radical (unpaired) electrons. The highest BCUT2D eigenvalue weighted by Crippen LogP contribution is 2.45. The van der Waals surface area contributed by atoms with Crippen LogP contribution in [0.3, 0.4) is 0 Å². The van der Waals surface area contributed by atoms with Gasteiger partial charge in [0.15, 0.2) is 0 Å². The van der Waals surface area contributed by atoms with Gasteiger partial charge in [-0.25, -0.2) is 4.79 Å². The lowest BCUT2D eigenvalue weighted by atomic mass is 9.81. The first-order valence-corrected chi connectivity index (χ1v) is 5.14. The van der Waals surface area contributed by atoms with Gasteiger partial charge >= 0.3 is 6.09 Å². The van der Waals surface area contributed by atoms with Gasteiger partial charge in [0.1, 0.15) is 5.54 Å². The van der Waals surface area contributed by atoms with Gasteiger partial charge in [-0.05, 0) is 36.8 Å². The third-order valence-corrected chi connectivity index (χ3v) is 3.74.